The van der Waals surface area contributed by atoms with Crippen molar-refractivity contribution in [2.24, 2.45) is 5.16 Å². The van der Waals surface area contributed by atoms with Gasteiger partial charge in [-0.2, -0.15) is 0 Å². The van der Waals surface area contributed by atoms with E-state index in [2.05, 4.69) is 15.1 Å². The van der Waals surface area contributed by atoms with Crippen LogP contribution < -0.4 is 4.74 Å². The summed E-state index contributed by atoms with van der Waals surface area (Å²) in [5, 5.41) is 12.4. The van der Waals surface area contributed by atoms with E-state index in [-0.39, 0.29) is 18.1 Å². The van der Waals surface area contributed by atoms with Crippen molar-refractivity contribution < 1.29 is 19.5 Å². The lowest BCUT2D eigenvalue weighted by Gasteiger charge is -2.02. The van der Waals surface area contributed by atoms with Crippen LogP contribution in [0, 0.1) is 0 Å². The lowest BCUT2D eigenvalue weighted by Crippen LogP contribution is -2.19. The second-order valence-corrected chi connectivity index (χ2v) is 4.94. The summed E-state index contributed by atoms with van der Waals surface area (Å²) in [7, 11) is 1.59. The number of esters is 1. The Morgan fingerprint density at radius 3 is 3.00 bits per heavy atom. The molecule has 0 aliphatic heterocycles. The van der Waals surface area contributed by atoms with Crippen molar-refractivity contribution in [3.8, 4) is 5.75 Å². The number of aromatic amines is 1. The maximum atomic E-state index is 11.5. The van der Waals surface area contributed by atoms with Crippen LogP contribution in [0.2, 0.25) is 0 Å². The van der Waals surface area contributed by atoms with E-state index in [1.54, 1.807) is 14.0 Å². The molecule has 0 amide bonds. The molecule has 1 aromatic heterocycles. The largest absolute Gasteiger partial charge is 0.497 e. The molecule has 0 aliphatic rings. The Balaban J connectivity index is 2.07. The van der Waals surface area contributed by atoms with Gasteiger partial charge in [0.1, 0.15) is 5.75 Å². The van der Waals surface area contributed by atoms with Crippen molar-refractivity contribution in [3.63, 3.8) is 0 Å². The number of imidazole rings is 1. The zero-order valence-corrected chi connectivity index (χ0v) is 12.4. The number of hydrogen-bond acceptors (Lipinski definition) is 7. The molecule has 0 radical (unpaired) electrons. The van der Waals surface area contributed by atoms with E-state index in [4.69, 9.17) is 14.7 Å². The van der Waals surface area contributed by atoms with Gasteiger partial charge in [0, 0.05) is 6.07 Å². The molecule has 0 bridgehead atoms. The molecule has 1 heterocycles. The van der Waals surface area contributed by atoms with Gasteiger partial charge in [-0.1, -0.05) is 16.9 Å². The number of oxime groups is 1. The third kappa shape index (κ3) is 3.66. The summed E-state index contributed by atoms with van der Waals surface area (Å²) in [5.74, 6) is 0.254. The molecule has 2 N–H and O–H groups in total. The second kappa shape index (κ2) is 6.98. The number of thioether (sulfide) groups is 1. The van der Waals surface area contributed by atoms with Gasteiger partial charge in [-0.3, -0.25) is 0 Å². The number of hydrogen-bond donors (Lipinski definition) is 2. The Labute approximate surface area is 125 Å². The zero-order chi connectivity index (χ0) is 15.2. The first-order valence-electron chi connectivity index (χ1n) is 6.22. The van der Waals surface area contributed by atoms with Gasteiger partial charge >= 0.3 is 5.97 Å². The van der Waals surface area contributed by atoms with Gasteiger partial charge in [-0.25, -0.2) is 9.78 Å². The number of ether oxygens (including phenoxy) is 2. The molecule has 0 saturated heterocycles. The fourth-order valence-electron chi connectivity index (χ4n) is 1.64. The number of aromatic nitrogens is 2. The molecule has 1 aromatic carbocycles. The Kier molecular flexibility index (Phi) is 5.04. The van der Waals surface area contributed by atoms with E-state index in [9.17, 15) is 4.79 Å². The fourth-order valence-corrected chi connectivity index (χ4v) is 2.43. The van der Waals surface area contributed by atoms with Crippen molar-refractivity contribution in [1.82, 2.24) is 9.97 Å². The highest BCUT2D eigenvalue weighted by Crippen LogP contribution is 2.23. The molecular weight excluding hydrogens is 294 g/mol. The van der Waals surface area contributed by atoms with E-state index in [0.717, 1.165) is 16.8 Å². The number of carbonyl (C=O) groups excluding carboxylic acids is 1. The summed E-state index contributed by atoms with van der Waals surface area (Å²) in [5.41, 5.74) is 1.56. The molecule has 0 spiro atoms. The van der Waals surface area contributed by atoms with Crippen LogP contribution >= 0.6 is 11.8 Å². The number of nitrogens with zero attached hydrogens (tertiary/aromatic N) is 2. The summed E-state index contributed by atoms with van der Waals surface area (Å²) in [6.45, 7) is 1.92. The van der Waals surface area contributed by atoms with Gasteiger partial charge in [0.05, 0.1) is 30.5 Å². The first kappa shape index (κ1) is 15.2. The van der Waals surface area contributed by atoms with Gasteiger partial charge in [0.2, 0.25) is 0 Å². The molecule has 0 saturated carbocycles. The molecular formula is C13H15N3O4S. The van der Waals surface area contributed by atoms with Crippen molar-refractivity contribution in [2.45, 2.75) is 12.1 Å². The molecule has 7 nitrogen and oxygen atoms in total. The minimum Gasteiger partial charge on any atom is -0.497 e. The average molecular weight is 309 g/mol. The highest BCUT2D eigenvalue weighted by Gasteiger charge is 2.15. The Morgan fingerprint density at radius 2 is 2.33 bits per heavy atom. The highest BCUT2D eigenvalue weighted by molar-refractivity contribution is 7.99. The molecule has 112 valence electrons. The molecule has 2 rings (SSSR count). The van der Waals surface area contributed by atoms with E-state index in [1.807, 2.05) is 18.2 Å². The summed E-state index contributed by atoms with van der Waals surface area (Å²) in [6.07, 6.45) is 0. The number of fused-ring (bicyclic) bond motifs is 1. The number of methoxy groups -OCH3 is 1. The smallest absolute Gasteiger partial charge is 0.356 e. The molecule has 0 aliphatic carbocycles. The van der Waals surface area contributed by atoms with Crippen molar-refractivity contribution in [3.05, 3.63) is 18.2 Å². The highest BCUT2D eigenvalue weighted by atomic mass is 32.2. The van der Waals surface area contributed by atoms with Gasteiger partial charge in [0.25, 0.3) is 0 Å². The lowest BCUT2D eigenvalue weighted by molar-refractivity contribution is -0.135. The van der Waals surface area contributed by atoms with Gasteiger partial charge < -0.3 is 19.7 Å². The summed E-state index contributed by atoms with van der Waals surface area (Å²) in [6, 6.07) is 5.48. The normalized spacial score (nSPS) is 11.6. The van der Waals surface area contributed by atoms with E-state index in [1.165, 1.54) is 11.8 Å². The van der Waals surface area contributed by atoms with Crippen LogP contribution in [-0.2, 0) is 9.53 Å². The van der Waals surface area contributed by atoms with Crippen LogP contribution in [0.25, 0.3) is 11.0 Å². The standard InChI is InChI=1S/C13H15N3O4S/c1-3-20-12(17)11(16-18)7-21-13-14-9-5-4-8(19-2)6-10(9)15-13/h4-6,18H,3,7H2,1-2H3,(H,14,15)/b16-11-. The number of benzene rings is 1. The fraction of sp³-hybridized carbons (Fsp3) is 0.308. The van der Waals surface area contributed by atoms with Crippen molar-refractivity contribution in [1.29, 1.82) is 0 Å². The number of H-pyrrole nitrogens is 1. The first-order chi connectivity index (χ1) is 10.2. The monoisotopic (exact) mass is 309 g/mol. The molecule has 0 atom stereocenters. The first-order valence-corrected chi connectivity index (χ1v) is 7.21. The summed E-state index contributed by atoms with van der Waals surface area (Å²) < 4.78 is 9.92. The van der Waals surface area contributed by atoms with Crippen LogP contribution in [-0.4, -0.2) is 46.3 Å². The Morgan fingerprint density at radius 1 is 1.52 bits per heavy atom. The van der Waals surface area contributed by atoms with Crippen LogP contribution in [0.15, 0.2) is 28.5 Å². The predicted octanol–water partition coefficient (Wildman–Crippen LogP) is 2.06. The van der Waals surface area contributed by atoms with Gasteiger partial charge in [0.15, 0.2) is 10.9 Å². The summed E-state index contributed by atoms with van der Waals surface area (Å²) in [4.78, 5) is 18.9. The number of carbonyl (C=O) groups is 1. The lowest BCUT2D eigenvalue weighted by atomic mass is 10.3. The van der Waals surface area contributed by atoms with Gasteiger partial charge in [-0.15, -0.1) is 0 Å². The molecule has 21 heavy (non-hydrogen) atoms. The quantitative estimate of drug-likeness (QED) is 0.279. The SMILES string of the molecule is CCOC(=O)/C(CSc1nc2ccc(OC)cc2[nH]1)=N\O. The average Bonchev–Trinajstić information content (AvgIpc) is 2.89. The van der Waals surface area contributed by atoms with E-state index in [0.29, 0.717) is 5.16 Å². The van der Waals surface area contributed by atoms with Crippen LogP contribution in [0.4, 0.5) is 0 Å². The minimum absolute atomic E-state index is 0.0557. The minimum atomic E-state index is -0.634. The van der Waals surface area contributed by atoms with Crippen molar-refractivity contribution in [2.75, 3.05) is 19.5 Å². The Hall–Kier alpha value is -2.22. The third-order valence-electron chi connectivity index (χ3n) is 2.64. The second-order valence-electron chi connectivity index (χ2n) is 3.98. The molecule has 0 unspecified atom stereocenters. The number of nitrogens with one attached hydrogen (secondary N) is 1. The molecule has 0 fully saturated rings. The van der Waals surface area contributed by atoms with Crippen LogP contribution in [0.5, 0.6) is 5.75 Å². The molecule has 8 heteroatoms. The van der Waals surface area contributed by atoms with Crippen LogP contribution in [0.1, 0.15) is 6.92 Å². The van der Waals surface area contributed by atoms with Crippen LogP contribution in [0.3, 0.4) is 0 Å². The summed E-state index contributed by atoms with van der Waals surface area (Å²) >= 11 is 1.25. The zero-order valence-electron chi connectivity index (χ0n) is 11.6. The maximum Gasteiger partial charge on any atom is 0.356 e. The predicted molar refractivity (Wildman–Crippen MR) is 79.2 cm³/mol. The van der Waals surface area contributed by atoms with Crippen molar-refractivity contribution >= 4 is 34.5 Å². The number of rotatable bonds is 6. The topological polar surface area (TPSA) is 96.8 Å². The third-order valence-corrected chi connectivity index (χ3v) is 3.53. The van der Waals surface area contributed by atoms with Gasteiger partial charge in [-0.05, 0) is 19.1 Å². The maximum absolute atomic E-state index is 11.5. The molecule has 2 aromatic rings. The van der Waals surface area contributed by atoms with E-state index >= 15 is 0 Å². The van der Waals surface area contributed by atoms with E-state index < -0.39 is 5.97 Å². The Bertz CT molecular complexity index is 668.